The van der Waals surface area contributed by atoms with E-state index in [1.54, 1.807) is 6.07 Å². The minimum absolute atomic E-state index is 0.0380. The molecule has 1 aromatic carbocycles. The molecule has 0 unspecified atom stereocenters. The maximum atomic E-state index is 12.1. The van der Waals surface area contributed by atoms with Gasteiger partial charge in [-0.3, -0.25) is 0 Å². The van der Waals surface area contributed by atoms with Crippen LogP contribution < -0.4 is 4.74 Å². The van der Waals surface area contributed by atoms with E-state index in [4.69, 9.17) is 9.47 Å². The first-order valence-electron chi connectivity index (χ1n) is 10.4. The van der Waals surface area contributed by atoms with Crippen LogP contribution in [0.15, 0.2) is 17.7 Å². The zero-order valence-corrected chi connectivity index (χ0v) is 18.5. The molecular weight excluding hydrogens is 368 g/mol. The molecule has 2 aliphatic carbocycles. The standard InChI is InChI=1S/C24H34O5/c1-14-8-9-18-23(2,3)10-7-11-24(18,4)17(14)13-15-12-16(22(27)29-6)19(25)20(26)21(15)28-5/h8,12,17-18,25-26H,7,9-11,13H2,1-6H3/t17-,18-,24+/m0/s1. The fourth-order valence-corrected chi connectivity index (χ4v) is 6.09. The average Bonchev–Trinajstić information content (AvgIpc) is 2.66. The number of aromatic hydroxyl groups is 2. The molecule has 0 bridgehead atoms. The van der Waals surface area contributed by atoms with E-state index in [2.05, 4.69) is 33.8 Å². The smallest absolute Gasteiger partial charge is 0.341 e. The molecule has 5 heteroatoms. The predicted octanol–water partition coefficient (Wildman–Crippen LogP) is 5.23. The Hall–Kier alpha value is -2.17. The van der Waals surface area contributed by atoms with Crippen molar-refractivity contribution in [1.29, 1.82) is 0 Å². The van der Waals surface area contributed by atoms with Gasteiger partial charge in [0.25, 0.3) is 0 Å². The van der Waals surface area contributed by atoms with Gasteiger partial charge in [0.2, 0.25) is 5.75 Å². The molecule has 2 N–H and O–H groups in total. The highest BCUT2D eigenvalue weighted by Crippen LogP contribution is 2.60. The number of allylic oxidation sites excluding steroid dienone is 2. The van der Waals surface area contributed by atoms with Crippen LogP contribution in [0.4, 0.5) is 0 Å². The molecule has 0 aromatic heterocycles. The maximum absolute atomic E-state index is 12.1. The van der Waals surface area contributed by atoms with Gasteiger partial charge in [0.1, 0.15) is 5.56 Å². The van der Waals surface area contributed by atoms with Crippen molar-refractivity contribution >= 4 is 5.97 Å². The normalized spacial score (nSPS) is 28.3. The molecule has 3 atom stereocenters. The largest absolute Gasteiger partial charge is 0.504 e. The van der Waals surface area contributed by atoms with E-state index in [0.29, 0.717) is 17.9 Å². The van der Waals surface area contributed by atoms with Crippen LogP contribution in [0.5, 0.6) is 17.2 Å². The number of ether oxygens (including phenoxy) is 2. The molecule has 0 saturated heterocycles. The van der Waals surface area contributed by atoms with Crippen LogP contribution in [-0.2, 0) is 11.2 Å². The van der Waals surface area contributed by atoms with Crippen molar-refractivity contribution in [3.05, 3.63) is 28.8 Å². The number of rotatable bonds is 4. The summed E-state index contributed by atoms with van der Waals surface area (Å²) in [6, 6.07) is 1.61. The summed E-state index contributed by atoms with van der Waals surface area (Å²) in [5.41, 5.74) is 2.43. The van der Waals surface area contributed by atoms with Gasteiger partial charge < -0.3 is 19.7 Å². The first kappa shape index (κ1) is 21.5. The van der Waals surface area contributed by atoms with Crippen LogP contribution in [-0.4, -0.2) is 30.4 Å². The molecule has 160 valence electrons. The summed E-state index contributed by atoms with van der Waals surface area (Å²) in [7, 11) is 2.72. The Morgan fingerprint density at radius 3 is 2.48 bits per heavy atom. The number of fused-ring (bicyclic) bond motifs is 1. The maximum Gasteiger partial charge on any atom is 0.341 e. The summed E-state index contributed by atoms with van der Waals surface area (Å²) in [5.74, 6) is -0.521. The SMILES string of the molecule is COC(=O)c1cc(C[C@H]2C(C)=CC[C@H]3C(C)(C)CCC[C@]23C)c(OC)c(O)c1O. The third-order valence-electron chi connectivity index (χ3n) is 7.64. The van der Waals surface area contributed by atoms with Gasteiger partial charge in [0.05, 0.1) is 14.2 Å². The third-order valence-corrected chi connectivity index (χ3v) is 7.64. The molecule has 1 fully saturated rings. The van der Waals surface area contributed by atoms with E-state index < -0.39 is 17.5 Å². The second-order valence-corrected chi connectivity index (χ2v) is 9.65. The van der Waals surface area contributed by atoms with Crippen molar-refractivity contribution in [1.82, 2.24) is 0 Å². The highest BCUT2D eigenvalue weighted by molar-refractivity contribution is 5.94. The quantitative estimate of drug-likeness (QED) is 0.409. The zero-order chi connectivity index (χ0) is 21.6. The van der Waals surface area contributed by atoms with Crippen molar-refractivity contribution in [2.45, 2.75) is 59.8 Å². The molecule has 2 aliphatic rings. The summed E-state index contributed by atoms with van der Waals surface area (Å²) in [6.45, 7) is 9.33. The zero-order valence-electron chi connectivity index (χ0n) is 18.5. The number of hydrogen-bond acceptors (Lipinski definition) is 5. The molecule has 0 aliphatic heterocycles. The molecule has 0 radical (unpaired) electrons. The number of carbonyl (C=O) groups is 1. The molecule has 1 aromatic rings. The van der Waals surface area contributed by atoms with Gasteiger partial charge in [-0.05, 0) is 66.9 Å². The number of phenols is 2. The Morgan fingerprint density at radius 1 is 1.17 bits per heavy atom. The van der Waals surface area contributed by atoms with Crippen LogP contribution in [0.1, 0.15) is 69.3 Å². The summed E-state index contributed by atoms with van der Waals surface area (Å²) >= 11 is 0. The van der Waals surface area contributed by atoms with Crippen molar-refractivity contribution in [2.24, 2.45) is 22.7 Å². The van der Waals surface area contributed by atoms with Gasteiger partial charge in [-0.25, -0.2) is 4.79 Å². The van der Waals surface area contributed by atoms with Crippen molar-refractivity contribution in [2.75, 3.05) is 14.2 Å². The van der Waals surface area contributed by atoms with Crippen LogP contribution in [0, 0.1) is 22.7 Å². The predicted molar refractivity (Wildman–Crippen MR) is 112 cm³/mol. The summed E-state index contributed by atoms with van der Waals surface area (Å²) < 4.78 is 10.2. The van der Waals surface area contributed by atoms with Crippen molar-refractivity contribution in [3.63, 3.8) is 0 Å². The van der Waals surface area contributed by atoms with Gasteiger partial charge in [0.15, 0.2) is 11.5 Å². The van der Waals surface area contributed by atoms with Gasteiger partial charge in [0, 0.05) is 0 Å². The van der Waals surface area contributed by atoms with E-state index in [1.165, 1.54) is 32.6 Å². The molecule has 3 rings (SSSR count). The first-order chi connectivity index (χ1) is 13.6. The van der Waals surface area contributed by atoms with Crippen molar-refractivity contribution < 1.29 is 24.5 Å². The summed E-state index contributed by atoms with van der Waals surface area (Å²) in [4.78, 5) is 12.1. The van der Waals surface area contributed by atoms with E-state index in [0.717, 1.165) is 12.8 Å². The molecule has 1 saturated carbocycles. The lowest BCUT2D eigenvalue weighted by atomic mass is 9.48. The number of carbonyl (C=O) groups excluding carboxylic acids is 1. The van der Waals surface area contributed by atoms with Crippen LogP contribution in [0.3, 0.4) is 0 Å². The Bertz CT molecular complexity index is 838. The summed E-state index contributed by atoms with van der Waals surface area (Å²) in [6.07, 6.45) is 7.69. The van der Waals surface area contributed by atoms with Crippen molar-refractivity contribution in [3.8, 4) is 17.2 Å². The van der Waals surface area contributed by atoms with Gasteiger partial charge in [-0.15, -0.1) is 0 Å². The molecule has 5 nitrogen and oxygen atoms in total. The summed E-state index contributed by atoms with van der Waals surface area (Å²) in [5, 5.41) is 20.7. The van der Waals surface area contributed by atoms with Crippen LogP contribution in [0.25, 0.3) is 0 Å². The number of benzene rings is 1. The number of esters is 1. The second kappa shape index (κ2) is 7.58. The monoisotopic (exact) mass is 402 g/mol. The topological polar surface area (TPSA) is 76.0 Å². The Balaban J connectivity index is 2.08. The number of hydrogen-bond donors (Lipinski definition) is 2. The highest BCUT2D eigenvalue weighted by atomic mass is 16.5. The van der Waals surface area contributed by atoms with Gasteiger partial charge in [-0.2, -0.15) is 0 Å². The van der Waals surface area contributed by atoms with E-state index in [9.17, 15) is 15.0 Å². The van der Waals surface area contributed by atoms with E-state index >= 15 is 0 Å². The molecule has 0 heterocycles. The average molecular weight is 403 g/mol. The highest BCUT2D eigenvalue weighted by Gasteiger charge is 2.51. The minimum Gasteiger partial charge on any atom is -0.504 e. The molecule has 0 spiro atoms. The Kier molecular flexibility index (Phi) is 5.63. The lowest BCUT2D eigenvalue weighted by Crippen LogP contribution is -2.49. The number of methoxy groups -OCH3 is 2. The Morgan fingerprint density at radius 2 is 1.86 bits per heavy atom. The van der Waals surface area contributed by atoms with Crippen LogP contribution in [0.2, 0.25) is 0 Å². The second-order valence-electron chi connectivity index (χ2n) is 9.65. The first-order valence-corrected chi connectivity index (χ1v) is 10.4. The molecule has 29 heavy (non-hydrogen) atoms. The lowest BCUT2D eigenvalue weighted by Gasteiger charge is -2.57. The molecular formula is C24H34O5. The molecule has 0 amide bonds. The van der Waals surface area contributed by atoms with E-state index in [1.807, 2.05) is 0 Å². The number of phenolic OH excluding ortho intramolecular Hbond substituents is 2. The van der Waals surface area contributed by atoms with Gasteiger partial charge >= 0.3 is 5.97 Å². The fourth-order valence-electron chi connectivity index (χ4n) is 6.09. The van der Waals surface area contributed by atoms with Gasteiger partial charge in [-0.1, -0.05) is 38.8 Å². The van der Waals surface area contributed by atoms with E-state index in [-0.39, 0.29) is 28.1 Å². The fraction of sp³-hybridized carbons (Fsp3) is 0.625. The third kappa shape index (κ3) is 3.49. The minimum atomic E-state index is -0.680. The lowest BCUT2D eigenvalue weighted by molar-refractivity contribution is -0.0369. The Labute approximate surface area is 173 Å². The van der Waals surface area contributed by atoms with Crippen LogP contribution >= 0.6 is 0 Å².